The molecule has 2 aromatic carbocycles. The van der Waals surface area contributed by atoms with Gasteiger partial charge in [-0.2, -0.15) is 0 Å². The van der Waals surface area contributed by atoms with E-state index in [4.69, 9.17) is 9.47 Å². The number of thiazole rings is 1. The molecule has 3 heterocycles. The Morgan fingerprint density at radius 3 is 2.44 bits per heavy atom. The van der Waals surface area contributed by atoms with Gasteiger partial charge in [0.25, 0.3) is 5.78 Å². The van der Waals surface area contributed by atoms with Crippen molar-refractivity contribution in [1.82, 2.24) is 9.97 Å². The van der Waals surface area contributed by atoms with E-state index >= 15 is 0 Å². The molecule has 0 radical (unpaired) electrons. The third-order valence-corrected chi connectivity index (χ3v) is 6.65. The van der Waals surface area contributed by atoms with Crippen LogP contribution in [0.1, 0.15) is 17.2 Å². The van der Waals surface area contributed by atoms with Crippen molar-refractivity contribution in [3.8, 4) is 11.5 Å². The number of hydrogen-bond donors (Lipinski definition) is 1. The molecule has 1 aliphatic rings. The van der Waals surface area contributed by atoms with Crippen LogP contribution < -0.4 is 14.4 Å². The van der Waals surface area contributed by atoms with Crippen LogP contribution in [0.4, 0.5) is 5.13 Å². The summed E-state index contributed by atoms with van der Waals surface area (Å²) in [6, 6.07) is 14.8. The number of para-hydroxylation sites is 1. The third kappa shape index (κ3) is 3.46. The number of fused-ring (bicyclic) bond motifs is 1. The van der Waals surface area contributed by atoms with Crippen LogP contribution in [0.3, 0.4) is 0 Å². The highest BCUT2D eigenvalue weighted by Gasteiger charge is 2.48. The summed E-state index contributed by atoms with van der Waals surface area (Å²) in [5.74, 6) is -1.02. The molecule has 1 amide bonds. The molecule has 5 rings (SSSR count). The number of rotatable bonds is 5. The maximum atomic E-state index is 13.3. The molecular formula is C25H19N3O5S. The van der Waals surface area contributed by atoms with Gasteiger partial charge in [-0.1, -0.05) is 23.5 Å². The van der Waals surface area contributed by atoms with E-state index in [1.54, 1.807) is 42.7 Å². The van der Waals surface area contributed by atoms with Crippen molar-refractivity contribution in [3.05, 3.63) is 83.7 Å². The number of methoxy groups -OCH3 is 2. The number of ketones is 1. The van der Waals surface area contributed by atoms with Gasteiger partial charge in [0, 0.05) is 18.0 Å². The first kappa shape index (κ1) is 21.6. The summed E-state index contributed by atoms with van der Waals surface area (Å²) in [5.41, 5.74) is 1.62. The number of ether oxygens (including phenoxy) is 2. The van der Waals surface area contributed by atoms with Gasteiger partial charge in [0.1, 0.15) is 5.76 Å². The minimum Gasteiger partial charge on any atom is -0.507 e. The molecular weight excluding hydrogens is 454 g/mol. The lowest BCUT2D eigenvalue weighted by molar-refractivity contribution is -0.132. The number of benzene rings is 2. The summed E-state index contributed by atoms with van der Waals surface area (Å²) in [4.78, 5) is 36.5. The van der Waals surface area contributed by atoms with Gasteiger partial charge in [-0.15, -0.1) is 0 Å². The summed E-state index contributed by atoms with van der Waals surface area (Å²) >= 11 is 1.30. The second-order valence-electron chi connectivity index (χ2n) is 7.48. The lowest BCUT2D eigenvalue weighted by atomic mass is 9.96. The van der Waals surface area contributed by atoms with Crippen LogP contribution in [0.2, 0.25) is 0 Å². The van der Waals surface area contributed by atoms with Gasteiger partial charge in [-0.25, -0.2) is 4.98 Å². The number of anilines is 1. The zero-order valence-electron chi connectivity index (χ0n) is 18.3. The smallest absolute Gasteiger partial charge is 0.301 e. The zero-order valence-corrected chi connectivity index (χ0v) is 19.1. The Labute approximate surface area is 198 Å². The van der Waals surface area contributed by atoms with Gasteiger partial charge in [-0.3, -0.25) is 19.5 Å². The number of carbonyl (C=O) groups is 2. The minimum atomic E-state index is -0.878. The molecule has 1 unspecified atom stereocenters. The maximum absolute atomic E-state index is 13.3. The molecule has 1 fully saturated rings. The number of amides is 1. The molecule has 170 valence electrons. The van der Waals surface area contributed by atoms with E-state index in [0.29, 0.717) is 27.8 Å². The van der Waals surface area contributed by atoms with Crippen LogP contribution in [0.25, 0.3) is 16.0 Å². The number of aromatic nitrogens is 2. The number of Topliss-reactive ketones (excluding diaryl/α,β-unsaturated/α-hetero) is 1. The molecule has 4 aromatic rings. The molecule has 0 aliphatic carbocycles. The zero-order chi connectivity index (χ0) is 23.8. The summed E-state index contributed by atoms with van der Waals surface area (Å²) in [6.45, 7) is 0. The lowest BCUT2D eigenvalue weighted by Crippen LogP contribution is -2.29. The normalized spacial score (nSPS) is 17.4. The van der Waals surface area contributed by atoms with Crippen molar-refractivity contribution in [1.29, 1.82) is 0 Å². The van der Waals surface area contributed by atoms with Crippen molar-refractivity contribution in [2.45, 2.75) is 6.04 Å². The standard InChI is InChI=1S/C25H19N3O5S/c1-32-17-8-7-15(13-18(17)33-2)22(29)20-21(14-9-11-26-12-10-14)28(24(31)23(20)30)25-27-16-5-3-4-6-19(16)34-25/h3-13,21,29H,1-2H3/b22-20+. The van der Waals surface area contributed by atoms with Crippen molar-refractivity contribution in [3.63, 3.8) is 0 Å². The first-order chi connectivity index (χ1) is 16.5. The fraction of sp³-hybridized carbons (Fsp3) is 0.120. The Morgan fingerprint density at radius 1 is 1.00 bits per heavy atom. The average Bonchev–Trinajstić information content (AvgIpc) is 3.42. The van der Waals surface area contributed by atoms with E-state index < -0.39 is 17.7 Å². The molecule has 8 nitrogen and oxygen atoms in total. The van der Waals surface area contributed by atoms with E-state index in [1.807, 2.05) is 24.3 Å². The van der Waals surface area contributed by atoms with Gasteiger partial charge in [-0.05, 0) is 48.0 Å². The minimum absolute atomic E-state index is 0.0392. The monoisotopic (exact) mass is 473 g/mol. The predicted octanol–water partition coefficient (Wildman–Crippen LogP) is 4.33. The second-order valence-corrected chi connectivity index (χ2v) is 8.49. The average molecular weight is 474 g/mol. The molecule has 1 N–H and O–H groups in total. The Balaban J connectivity index is 1.71. The highest BCUT2D eigenvalue weighted by atomic mass is 32.1. The van der Waals surface area contributed by atoms with E-state index in [-0.39, 0.29) is 11.3 Å². The summed E-state index contributed by atoms with van der Waals surface area (Å²) < 4.78 is 11.5. The van der Waals surface area contributed by atoms with Crippen molar-refractivity contribution in [2.75, 3.05) is 19.1 Å². The first-order valence-electron chi connectivity index (χ1n) is 10.3. The number of carbonyl (C=O) groups excluding carboxylic acids is 2. The lowest BCUT2D eigenvalue weighted by Gasteiger charge is -2.22. The summed E-state index contributed by atoms with van der Waals surface area (Å²) in [6.07, 6.45) is 3.15. The van der Waals surface area contributed by atoms with E-state index in [9.17, 15) is 14.7 Å². The predicted molar refractivity (Wildman–Crippen MR) is 128 cm³/mol. The number of pyridine rings is 1. The fourth-order valence-electron chi connectivity index (χ4n) is 3.99. The number of aliphatic hydroxyl groups excluding tert-OH is 1. The molecule has 0 saturated carbocycles. The molecule has 1 atom stereocenters. The Kier molecular flexibility index (Phi) is 5.46. The van der Waals surface area contributed by atoms with Crippen LogP contribution in [-0.2, 0) is 9.59 Å². The maximum Gasteiger partial charge on any atom is 0.301 e. The quantitative estimate of drug-likeness (QED) is 0.261. The summed E-state index contributed by atoms with van der Waals surface area (Å²) in [7, 11) is 2.98. The summed E-state index contributed by atoms with van der Waals surface area (Å²) in [5, 5.41) is 11.7. The van der Waals surface area contributed by atoms with E-state index in [0.717, 1.165) is 10.2 Å². The molecule has 9 heteroatoms. The Morgan fingerprint density at radius 2 is 1.74 bits per heavy atom. The van der Waals surface area contributed by atoms with Crippen molar-refractivity contribution < 1.29 is 24.2 Å². The Hall–Kier alpha value is -4.24. The van der Waals surface area contributed by atoms with E-state index in [2.05, 4.69) is 9.97 Å². The van der Waals surface area contributed by atoms with Gasteiger partial charge in [0.2, 0.25) is 0 Å². The van der Waals surface area contributed by atoms with Crippen LogP contribution in [0, 0.1) is 0 Å². The number of aliphatic hydroxyl groups is 1. The third-order valence-electron chi connectivity index (χ3n) is 5.61. The first-order valence-corrected chi connectivity index (χ1v) is 11.1. The molecule has 2 aromatic heterocycles. The van der Waals surface area contributed by atoms with Crippen molar-refractivity contribution in [2.24, 2.45) is 0 Å². The van der Waals surface area contributed by atoms with Crippen molar-refractivity contribution >= 4 is 44.1 Å². The second kappa shape index (κ2) is 8.60. The van der Waals surface area contributed by atoms with Crippen LogP contribution in [0.5, 0.6) is 11.5 Å². The molecule has 34 heavy (non-hydrogen) atoms. The van der Waals surface area contributed by atoms with Gasteiger partial charge in [0.15, 0.2) is 16.6 Å². The topological polar surface area (TPSA) is 102 Å². The highest BCUT2D eigenvalue weighted by molar-refractivity contribution is 7.22. The number of nitrogens with zero attached hydrogens (tertiary/aromatic N) is 3. The molecule has 1 aliphatic heterocycles. The highest BCUT2D eigenvalue weighted by Crippen LogP contribution is 2.44. The van der Waals surface area contributed by atoms with Crippen LogP contribution in [-0.4, -0.2) is 41.0 Å². The molecule has 0 bridgehead atoms. The molecule has 0 spiro atoms. The fourth-order valence-corrected chi connectivity index (χ4v) is 4.99. The van der Waals surface area contributed by atoms with Gasteiger partial charge >= 0.3 is 5.91 Å². The number of hydrogen-bond acceptors (Lipinski definition) is 8. The SMILES string of the molecule is COc1ccc(/C(O)=C2\C(=O)C(=O)N(c3nc4ccccc4s3)C2c2ccncc2)cc1OC. The molecule has 1 saturated heterocycles. The van der Waals surface area contributed by atoms with Gasteiger partial charge in [0.05, 0.1) is 36.1 Å². The van der Waals surface area contributed by atoms with Crippen LogP contribution in [0.15, 0.2) is 72.6 Å². The largest absolute Gasteiger partial charge is 0.507 e. The Bertz CT molecular complexity index is 1410. The van der Waals surface area contributed by atoms with Crippen LogP contribution >= 0.6 is 11.3 Å². The van der Waals surface area contributed by atoms with Gasteiger partial charge < -0.3 is 14.6 Å². The van der Waals surface area contributed by atoms with E-state index in [1.165, 1.54) is 30.5 Å².